The molecule has 2 atom stereocenters. The Morgan fingerprint density at radius 2 is 0.680 bits per heavy atom. The molecule has 18 nitrogen and oxygen atoms in total. The SMILES string of the molecule is C1=CNCC(c2cc3c(cc2C2N=C(c4cccc(-c5cccc(-n6c7ccccc7c7cc8c(cc76)oc6cc(C7N=C(c9ccccc9)N=C(c9ccccc9)N7)c(-c7ccccn7)cc68)c5)c4)N=C(c4ccccc4)N2)oc2cc4c(cc23)c2ccccc2n4-c2cccc(-c3ccc(-c4nc(-c5ccccc5)nc(-c5cc(-c6ccncc6)c6c(c5)oc5cc7c(cc56)c5ccccc5n7-c5ccccc5)n4)cc3)c2)=C1. The van der Waals surface area contributed by atoms with Gasteiger partial charge in [0.05, 0.1) is 38.8 Å². The number of fused-ring (bicyclic) bond motifs is 18. The second kappa shape index (κ2) is 34.7. The van der Waals surface area contributed by atoms with Gasteiger partial charge in [-0.15, -0.1) is 0 Å². The van der Waals surface area contributed by atoms with Gasteiger partial charge in [-0.1, -0.05) is 273 Å². The normalized spacial score (nSPS) is 14.3. The average Bonchev–Trinajstić information content (AvgIpc) is 1.52. The molecule has 0 bridgehead atoms. The fourth-order valence-electron chi connectivity index (χ4n) is 22.6. The number of allylic oxidation sites excluding steroid dienone is 2. The van der Waals surface area contributed by atoms with E-state index >= 15 is 0 Å². The van der Waals surface area contributed by atoms with E-state index in [2.05, 4.69) is 374 Å². The van der Waals surface area contributed by atoms with E-state index in [-0.39, 0.29) is 0 Å². The minimum atomic E-state index is -0.614. The Hall–Kier alpha value is -20.4. The van der Waals surface area contributed by atoms with E-state index in [0.717, 1.165) is 254 Å². The van der Waals surface area contributed by atoms with E-state index in [1.165, 1.54) is 0 Å². The highest BCUT2D eigenvalue weighted by atomic mass is 16.3. The predicted molar refractivity (Wildman–Crippen MR) is 607 cm³/mol. The van der Waals surface area contributed by atoms with E-state index in [0.29, 0.717) is 47.1 Å². The highest BCUT2D eigenvalue weighted by molar-refractivity contribution is 6.24. The van der Waals surface area contributed by atoms with Crippen LogP contribution in [0.3, 0.4) is 0 Å². The molecule has 12 heterocycles. The first-order valence-electron chi connectivity index (χ1n) is 50.3. The van der Waals surface area contributed by atoms with Crippen molar-refractivity contribution < 1.29 is 13.3 Å². The Labute approximate surface area is 857 Å². The number of rotatable bonds is 17. The first kappa shape index (κ1) is 85.2. The van der Waals surface area contributed by atoms with Gasteiger partial charge >= 0.3 is 0 Å². The Morgan fingerprint density at radius 1 is 0.260 bits per heavy atom. The molecule has 0 radical (unpaired) electrons. The van der Waals surface area contributed by atoms with Crippen molar-refractivity contribution in [2.75, 3.05) is 6.54 Å². The summed E-state index contributed by atoms with van der Waals surface area (Å²) in [4.78, 5) is 46.9. The molecule has 30 rings (SSSR count). The maximum absolute atomic E-state index is 7.28. The molecule has 150 heavy (non-hydrogen) atoms. The molecule has 0 saturated carbocycles. The Bertz CT molecular complexity index is 10500. The van der Waals surface area contributed by atoms with Crippen molar-refractivity contribution in [3.63, 3.8) is 0 Å². The highest BCUT2D eigenvalue weighted by Gasteiger charge is 2.32. The summed E-state index contributed by atoms with van der Waals surface area (Å²) >= 11 is 0. The van der Waals surface area contributed by atoms with Gasteiger partial charge < -0.3 is 42.9 Å². The van der Waals surface area contributed by atoms with Crippen LogP contribution in [-0.4, -0.2) is 68.5 Å². The summed E-state index contributed by atoms with van der Waals surface area (Å²) < 4.78 is 28.5. The van der Waals surface area contributed by atoms with Crippen LogP contribution in [0.1, 0.15) is 51.3 Å². The molecule has 0 spiro atoms. The van der Waals surface area contributed by atoms with Crippen LogP contribution >= 0.6 is 0 Å². The van der Waals surface area contributed by atoms with Gasteiger partial charge in [-0.3, -0.25) is 9.97 Å². The Kier molecular flexibility index (Phi) is 19.7. The van der Waals surface area contributed by atoms with Gasteiger partial charge in [0.1, 0.15) is 57.5 Å². The van der Waals surface area contributed by atoms with Crippen LogP contribution in [0.15, 0.2) is 495 Å². The summed E-state index contributed by atoms with van der Waals surface area (Å²) in [6.07, 6.45) is 10.6. The molecule has 27 aromatic rings. The molecule has 18 heteroatoms. The molecule has 9 aromatic heterocycles. The lowest BCUT2D eigenvalue weighted by Gasteiger charge is -2.26. The molecule has 0 fully saturated rings. The Balaban J connectivity index is 0.488. The summed E-state index contributed by atoms with van der Waals surface area (Å²) in [6.45, 7) is 0.602. The van der Waals surface area contributed by atoms with Gasteiger partial charge in [-0.25, -0.2) is 34.9 Å². The molecule has 3 aliphatic heterocycles. The second-order valence-electron chi connectivity index (χ2n) is 38.4. The molecule has 704 valence electrons. The third-order valence-electron chi connectivity index (χ3n) is 29.6. The number of aliphatic imine (C=N–C) groups is 4. The zero-order chi connectivity index (χ0) is 98.5. The molecular weight excluding hydrogens is 1840 g/mol. The third kappa shape index (κ3) is 14.4. The number of nitrogens with zero attached hydrogens (tertiary/aromatic N) is 12. The lowest BCUT2D eigenvalue weighted by Crippen LogP contribution is -2.34. The highest BCUT2D eigenvalue weighted by Crippen LogP contribution is 2.49. The van der Waals surface area contributed by atoms with Crippen molar-refractivity contribution >= 4 is 160 Å². The fraction of sp³-hybridized carbons (Fsp3) is 0.0227. The second-order valence-corrected chi connectivity index (χ2v) is 38.4. The number of furan rings is 3. The van der Waals surface area contributed by atoms with Crippen molar-refractivity contribution in [2.24, 2.45) is 20.0 Å². The smallest absolute Gasteiger partial charge is 0.164 e. The van der Waals surface area contributed by atoms with E-state index in [4.69, 9.17) is 53.2 Å². The zero-order valence-corrected chi connectivity index (χ0v) is 80.3. The minimum Gasteiger partial charge on any atom is -0.456 e. The zero-order valence-electron chi connectivity index (χ0n) is 80.3. The maximum Gasteiger partial charge on any atom is 0.164 e. The standard InChI is InChI=1S/C132H83N15O3/c1-6-28-80(29-7-1)124-136-128(140-130(139-124)90-65-98(79-56-60-133-61-57-79)123-109-71-102-96-47-16-19-49-111(96)145(91-41-14-5-15-42-91)114(102)76-121(109)150-122(123)66-90)84-54-52-78(53-55-84)86-37-25-43-92(63-86)146-112-50-20-17-45-94(112)100-69-105-103-67-97(89-40-27-58-134-77-89)107(72-117(103)148-119(105)74-115(100)146)131-141-127(83-34-12-4-13-35-83)138-129(144-131)88-39-24-36-85(62-88)87-38-26-44-93(64-87)147-113-51-21-18-46-95(113)101-70-106-104-68-99(110-48-22-23-59-135-110)108(73-118(104)149-120(106)75-116(101)147)132-142-125(81-30-8-2-9-31-81)137-126(143-132)82-32-10-3-11-33-82/h1-76,131-132,134H,77H2,(H,137,142,143)(H,138,141,144). The van der Waals surface area contributed by atoms with Gasteiger partial charge in [0.25, 0.3) is 0 Å². The number of para-hydroxylation sites is 4. The van der Waals surface area contributed by atoms with Crippen molar-refractivity contribution in [3.8, 4) is 95.9 Å². The predicted octanol–water partition coefficient (Wildman–Crippen LogP) is 30.8. The topological polar surface area (TPSA) is 204 Å². The molecule has 3 aliphatic rings. The quantitative estimate of drug-likeness (QED) is 0.0782. The van der Waals surface area contributed by atoms with Crippen molar-refractivity contribution in [3.05, 3.63) is 501 Å². The van der Waals surface area contributed by atoms with Crippen LogP contribution in [0.2, 0.25) is 0 Å². The lowest BCUT2D eigenvalue weighted by molar-refractivity contribution is 0.654. The van der Waals surface area contributed by atoms with Crippen LogP contribution in [0.5, 0.6) is 0 Å². The van der Waals surface area contributed by atoms with E-state index < -0.39 is 12.3 Å². The third-order valence-corrected chi connectivity index (χ3v) is 29.6. The summed E-state index contributed by atoms with van der Waals surface area (Å²) in [5, 5.41) is 23.9. The maximum atomic E-state index is 7.28. The van der Waals surface area contributed by atoms with Crippen LogP contribution in [0.4, 0.5) is 0 Å². The molecule has 0 saturated heterocycles. The number of amidine groups is 4. The number of pyridine rings is 2. The van der Waals surface area contributed by atoms with Gasteiger partial charge in [-0.05, 0) is 196 Å². The summed E-state index contributed by atoms with van der Waals surface area (Å²) in [6, 6.07) is 149. The van der Waals surface area contributed by atoms with Gasteiger partial charge in [0.2, 0.25) is 0 Å². The largest absolute Gasteiger partial charge is 0.456 e. The number of benzene rings is 18. The monoisotopic (exact) mass is 1930 g/mol. The summed E-state index contributed by atoms with van der Waals surface area (Å²) in [5.74, 6) is 4.24. The number of nitrogens with one attached hydrogen (secondary N) is 3. The van der Waals surface area contributed by atoms with Crippen molar-refractivity contribution in [1.82, 2.24) is 54.6 Å². The molecule has 18 aromatic carbocycles. The molecule has 0 amide bonds. The van der Waals surface area contributed by atoms with E-state index in [9.17, 15) is 0 Å². The molecular formula is C132H83N15O3. The lowest BCUT2D eigenvalue weighted by atomic mass is 9.93. The van der Waals surface area contributed by atoms with Crippen molar-refractivity contribution in [2.45, 2.75) is 12.3 Å². The van der Waals surface area contributed by atoms with Crippen LogP contribution in [0.25, 0.3) is 233 Å². The van der Waals surface area contributed by atoms with E-state index in [1.807, 2.05) is 122 Å². The van der Waals surface area contributed by atoms with E-state index in [1.54, 1.807) is 0 Å². The van der Waals surface area contributed by atoms with Crippen LogP contribution in [0, 0.1) is 0 Å². The van der Waals surface area contributed by atoms with Crippen LogP contribution in [-0.2, 0) is 0 Å². The number of dihydropyridines is 1. The number of aromatic nitrogens is 8. The number of hydrogen-bond donors (Lipinski definition) is 3. The fourth-order valence-corrected chi connectivity index (χ4v) is 22.6. The summed E-state index contributed by atoms with van der Waals surface area (Å²) in [7, 11) is 0. The minimum absolute atomic E-state index is 0.511. The summed E-state index contributed by atoms with van der Waals surface area (Å²) in [5.41, 5.74) is 31.9. The first-order valence-corrected chi connectivity index (χ1v) is 50.3. The van der Waals surface area contributed by atoms with Crippen LogP contribution < -0.4 is 16.0 Å². The van der Waals surface area contributed by atoms with Gasteiger partial charge in [-0.2, -0.15) is 0 Å². The first-order chi connectivity index (χ1) is 74.3. The van der Waals surface area contributed by atoms with Gasteiger partial charge in [0.15, 0.2) is 29.1 Å². The van der Waals surface area contributed by atoms with Gasteiger partial charge in [0, 0.05) is 181 Å². The Morgan fingerprint density at radius 3 is 1.23 bits per heavy atom. The average molecular weight is 1930 g/mol. The molecule has 3 N–H and O–H groups in total. The van der Waals surface area contributed by atoms with Crippen molar-refractivity contribution in [1.29, 1.82) is 0 Å². The number of hydrogen-bond acceptors (Lipinski definition) is 15. The molecule has 2 unspecified atom stereocenters. The molecule has 0 aliphatic carbocycles.